The largest absolute Gasteiger partial charge is 0.383 e. The first-order valence-electron chi connectivity index (χ1n) is 8.80. The molecule has 1 aromatic heterocycles. The van der Waals surface area contributed by atoms with Gasteiger partial charge in [0.2, 0.25) is 0 Å². The Hall–Kier alpha value is -1.24. The Bertz CT molecular complexity index is 564. The third kappa shape index (κ3) is 4.40. The molecule has 23 heavy (non-hydrogen) atoms. The van der Waals surface area contributed by atoms with Crippen molar-refractivity contribution in [2.45, 2.75) is 32.2 Å². The molecule has 0 N–H and O–H groups in total. The van der Waals surface area contributed by atoms with E-state index < -0.39 is 0 Å². The van der Waals surface area contributed by atoms with Gasteiger partial charge in [-0.05, 0) is 31.2 Å². The first-order valence-corrected chi connectivity index (χ1v) is 8.80. The molecule has 0 saturated carbocycles. The SMILES string of the molecule is COCCN1CCN(CCn2nc3c(cc2=O)CCCC3)CC1. The Labute approximate surface area is 138 Å². The second kappa shape index (κ2) is 8.04. The molecule has 0 bridgehead atoms. The van der Waals surface area contributed by atoms with E-state index in [-0.39, 0.29) is 5.56 Å². The van der Waals surface area contributed by atoms with Crippen molar-refractivity contribution in [1.29, 1.82) is 0 Å². The summed E-state index contributed by atoms with van der Waals surface area (Å²) in [5.74, 6) is 0. The van der Waals surface area contributed by atoms with E-state index in [9.17, 15) is 4.79 Å². The number of hydrogen-bond acceptors (Lipinski definition) is 5. The zero-order valence-corrected chi connectivity index (χ0v) is 14.2. The highest BCUT2D eigenvalue weighted by molar-refractivity contribution is 5.20. The van der Waals surface area contributed by atoms with E-state index in [0.29, 0.717) is 6.54 Å². The average Bonchev–Trinajstić information content (AvgIpc) is 2.59. The number of fused-ring (bicyclic) bond motifs is 1. The fraction of sp³-hybridized carbons (Fsp3) is 0.765. The molecule has 128 valence electrons. The summed E-state index contributed by atoms with van der Waals surface area (Å²) in [5.41, 5.74) is 2.37. The highest BCUT2D eigenvalue weighted by Crippen LogP contribution is 2.16. The first kappa shape index (κ1) is 16.6. The summed E-state index contributed by atoms with van der Waals surface area (Å²) in [6.07, 6.45) is 4.42. The smallest absolute Gasteiger partial charge is 0.267 e. The normalized spacial score (nSPS) is 19.7. The minimum Gasteiger partial charge on any atom is -0.383 e. The van der Waals surface area contributed by atoms with Crippen LogP contribution in [0.4, 0.5) is 0 Å². The van der Waals surface area contributed by atoms with Crippen molar-refractivity contribution < 1.29 is 4.74 Å². The van der Waals surface area contributed by atoms with Gasteiger partial charge in [-0.2, -0.15) is 5.10 Å². The summed E-state index contributed by atoms with van der Waals surface area (Å²) >= 11 is 0. The van der Waals surface area contributed by atoms with Gasteiger partial charge >= 0.3 is 0 Å². The van der Waals surface area contributed by atoms with Crippen LogP contribution in [0.25, 0.3) is 0 Å². The molecule has 2 heterocycles. The molecule has 0 spiro atoms. The molecule has 0 unspecified atom stereocenters. The van der Waals surface area contributed by atoms with Crippen LogP contribution in [-0.2, 0) is 24.1 Å². The lowest BCUT2D eigenvalue weighted by Crippen LogP contribution is -2.48. The third-order valence-electron chi connectivity index (χ3n) is 4.98. The van der Waals surface area contributed by atoms with E-state index in [1.807, 2.05) is 6.07 Å². The number of methoxy groups -OCH3 is 1. The van der Waals surface area contributed by atoms with Crippen molar-refractivity contribution in [3.05, 3.63) is 27.7 Å². The van der Waals surface area contributed by atoms with Crippen molar-refractivity contribution in [3.63, 3.8) is 0 Å². The summed E-state index contributed by atoms with van der Waals surface area (Å²) in [6.45, 7) is 7.69. The molecule has 3 rings (SSSR count). The summed E-state index contributed by atoms with van der Waals surface area (Å²) in [7, 11) is 1.75. The van der Waals surface area contributed by atoms with Crippen LogP contribution in [0.3, 0.4) is 0 Å². The second-order valence-corrected chi connectivity index (χ2v) is 6.56. The van der Waals surface area contributed by atoms with Gasteiger partial charge in [0.15, 0.2) is 0 Å². The van der Waals surface area contributed by atoms with E-state index in [4.69, 9.17) is 4.74 Å². The zero-order chi connectivity index (χ0) is 16.1. The van der Waals surface area contributed by atoms with Gasteiger partial charge in [0.05, 0.1) is 18.8 Å². The van der Waals surface area contributed by atoms with Crippen molar-refractivity contribution >= 4 is 0 Å². The molecule has 0 radical (unpaired) electrons. The predicted octanol–water partition coefficient (Wildman–Crippen LogP) is 0.386. The molecule has 6 nitrogen and oxygen atoms in total. The monoisotopic (exact) mass is 320 g/mol. The van der Waals surface area contributed by atoms with Crippen molar-refractivity contribution in [2.24, 2.45) is 0 Å². The molecular formula is C17H28N4O2. The Morgan fingerprint density at radius 1 is 1.04 bits per heavy atom. The van der Waals surface area contributed by atoms with Gasteiger partial charge in [0, 0.05) is 52.4 Å². The van der Waals surface area contributed by atoms with Crippen LogP contribution < -0.4 is 5.56 Å². The van der Waals surface area contributed by atoms with E-state index in [0.717, 1.165) is 64.4 Å². The van der Waals surface area contributed by atoms with Gasteiger partial charge in [0.25, 0.3) is 5.56 Å². The van der Waals surface area contributed by atoms with E-state index in [1.165, 1.54) is 18.4 Å². The summed E-state index contributed by atoms with van der Waals surface area (Å²) in [5, 5.41) is 4.60. The maximum absolute atomic E-state index is 12.2. The Kier molecular flexibility index (Phi) is 5.80. The summed E-state index contributed by atoms with van der Waals surface area (Å²) in [6, 6.07) is 1.81. The summed E-state index contributed by atoms with van der Waals surface area (Å²) < 4.78 is 6.80. The fourth-order valence-electron chi connectivity index (χ4n) is 3.45. The van der Waals surface area contributed by atoms with Gasteiger partial charge in [-0.3, -0.25) is 14.6 Å². The van der Waals surface area contributed by atoms with Crippen LogP contribution in [0.15, 0.2) is 10.9 Å². The van der Waals surface area contributed by atoms with Crippen LogP contribution in [0.2, 0.25) is 0 Å². The molecule has 1 fully saturated rings. The van der Waals surface area contributed by atoms with Crippen LogP contribution in [0.1, 0.15) is 24.1 Å². The highest BCUT2D eigenvalue weighted by Gasteiger charge is 2.17. The van der Waals surface area contributed by atoms with Crippen molar-refractivity contribution in [1.82, 2.24) is 19.6 Å². The lowest BCUT2D eigenvalue weighted by molar-refractivity contribution is 0.0946. The molecule has 6 heteroatoms. The van der Waals surface area contributed by atoms with Crippen LogP contribution in [0, 0.1) is 0 Å². The summed E-state index contributed by atoms with van der Waals surface area (Å²) in [4.78, 5) is 17.1. The molecule has 0 aromatic carbocycles. The molecule has 2 aliphatic rings. The number of rotatable bonds is 6. The minimum absolute atomic E-state index is 0.0596. The molecule has 1 aliphatic heterocycles. The maximum Gasteiger partial charge on any atom is 0.267 e. The topological polar surface area (TPSA) is 50.6 Å². The number of hydrogen-bond donors (Lipinski definition) is 0. The highest BCUT2D eigenvalue weighted by atomic mass is 16.5. The van der Waals surface area contributed by atoms with Crippen LogP contribution in [0.5, 0.6) is 0 Å². The fourth-order valence-corrected chi connectivity index (χ4v) is 3.45. The van der Waals surface area contributed by atoms with Gasteiger partial charge < -0.3 is 4.74 Å². The molecule has 1 saturated heterocycles. The Morgan fingerprint density at radius 2 is 1.74 bits per heavy atom. The van der Waals surface area contributed by atoms with E-state index in [1.54, 1.807) is 11.8 Å². The van der Waals surface area contributed by atoms with Gasteiger partial charge in [-0.25, -0.2) is 4.68 Å². The number of nitrogens with zero attached hydrogens (tertiary/aromatic N) is 4. The number of aryl methyl sites for hydroxylation is 2. The molecule has 0 amide bonds. The number of ether oxygens (including phenoxy) is 1. The average molecular weight is 320 g/mol. The second-order valence-electron chi connectivity index (χ2n) is 6.56. The third-order valence-corrected chi connectivity index (χ3v) is 4.98. The standard InChI is InChI=1S/C17H28N4O2/c1-23-13-12-20-8-6-19(7-9-20)10-11-21-17(22)14-15-4-2-3-5-16(15)18-21/h14H,2-13H2,1H3. The van der Waals surface area contributed by atoms with Gasteiger partial charge in [0.1, 0.15) is 0 Å². The molecule has 1 aromatic rings. The first-order chi connectivity index (χ1) is 11.3. The lowest BCUT2D eigenvalue weighted by atomic mass is 9.97. The Balaban J connectivity index is 1.50. The Morgan fingerprint density at radius 3 is 2.48 bits per heavy atom. The van der Waals surface area contributed by atoms with E-state index in [2.05, 4.69) is 14.9 Å². The van der Waals surface area contributed by atoms with Crippen molar-refractivity contribution in [2.75, 3.05) is 53.0 Å². The van der Waals surface area contributed by atoms with E-state index >= 15 is 0 Å². The van der Waals surface area contributed by atoms with Crippen molar-refractivity contribution in [3.8, 4) is 0 Å². The lowest BCUT2D eigenvalue weighted by Gasteiger charge is -2.34. The maximum atomic E-state index is 12.2. The van der Waals surface area contributed by atoms with Crippen LogP contribution >= 0.6 is 0 Å². The zero-order valence-electron chi connectivity index (χ0n) is 14.2. The number of aromatic nitrogens is 2. The molecule has 1 aliphatic carbocycles. The van der Waals surface area contributed by atoms with Crippen LogP contribution in [-0.4, -0.2) is 72.6 Å². The van der Waals surface area contributed by atoms with Gasteiger partial charge in [-0.1, -0.05) is 0 Å². The van der Waals surface area contributed by atoms with Gasteiger partial charge in [-0.15, -0.1) is 0 Å². The minimum atomic E-state index is 0.0596. The molecular weight excluding hydrogens is 292 g/mol. The number of piperazine rings is 1. The molecule has 0 atom stereocenters. The predicted molar refractivity (Wildman–Crippen MR) is 89.9 cm³/mol. The quantitative estimate of drug-likeness (QED) is 0.759.